The molecule has 2 heteroatoms. The smallest absolute Gasteiger partial charge is 0.165 e. The molecule has 77 valence electrons. The van der Waals surface area contributed by atoms with E-state index >= 15 is 0 Å². The monoisotopic (exact) mass is 208 g/mol. The number of hydrogen-bond acceptors (Lipinski definition) is 2. The maximum absolute atomic E-state index is 8.87. The van der Waals surface area contributed by atoms with Gasteiger partial charge in [0.1, 0.15) is 11.8 Å². The van der Waals surface area contributed by atoms with Crippen LogP contribution in [0.2, 0.25) is 0 Å². The highest BCUT2D eigenvalue weighted by atomic mass is 16.5. The van der Waals surface area contributed by atoms with Crippen molar-refractivity contribution in [3.05, 3.63) is 72.3 Å². The highest BCUT2D eigenvalue weighted by Gasteiger charge is 2.01. The van der Waals surface area contributed by atoms with Gasteiger partial charge in [-0.1, -0.05) is 42.5 Å². The fraction of sp³-hybridized carbons (Fsp3) is 0. The van der Waals surface area contributed by atoms with Crippen molar-refractivity contribution < 1.29 is 4.74 Å². The number of hydrogen-bond donors (Lipinski definition) is 0. The van der Waals surface area contributed by atoms with E-state index in [1.807, 2.05) is 42.5 Å². The van der Waals surface area contributed by atoms with Gasteiger partial charge >= 0.3 is 0 Å². The maximum Gasteiger partial charge on any atom is 0.165 e. The zero-order chi connectivity index (χ0) is 11.2. The molecule has 0 fully saturated rings. The normalized spacial score (nSPS) is 9.44. The minimum Gasteiger partial charge on any atom is -0.480 e. The van der Waals surface area contributed by atoms with Crippen molar-refractivity contribution in [3.8, 4) is 11.8 Å². The minimum atomic E-state index is 0.537. The van der Waals surface area contributed by atoms with E-state index in [0.29, 0.717) is 11.3 Å². The predicted molar refractivity (Wildman–Crippen MR) is 61.6 cm³/mol. The highest BCUT2D eigenvalue weighted by Crippen LogP contribution is 2.18. The third-order valence-corrected chi connectivity index (χ3v) is 2.13. The number of ether oxygens (including phenoxy) is 1. The SMILES string of the molecule is N#Cc1ccccc1O[CH]c1ccccc1. The van der Waals surface area contributed by atoms with Crippen molar-refractivity contribution in [2.75, 3.05) is 0 Å². The summed E-state index contributed by atoms with van der Waals surface area (Å²) in [6.07, 6.45) is 0. The summed E-state index contributed by atoms with van der Waals surface area (Å²) in [4.78, 5) is 0. The van der Waals surface area contributed by atoms with Crippen LogP contribution >= 0.6 is 0 Å². The summed E-state index contributed by atoms with van der Waals surface area (Å²) < 4.78 is 5.47. The van der Waals surface area contributed by atoms with E-state index in [9.17, 15) is 0 Å². The molecule has 0 aliphatic carbocycles. The van der Waals surface area contributed by atoms with Crippen LogP contribution in [0.25, 0.3) is 0 Å². The van der Waals surface area contributed by atoms with Gasteiger partial charge in [-0.3, -0.25) is 0 Å². The second-order valence-corrected chi connectivity index (χ2v) is 3.25. The Hall–Kier alpha value is -2.27. The quantitative estimate of drug-likeness (QED) is 0.776. The lowest BCUT2D eigenvalue weighted by Gasteiger charge is -2.06. The van der Waals surface area contributed by atoms with Crippen molar-refractivity contribution in [1.29, 1.82) is 5.26 Å². The molecule has 2 aromatic carbocycles. The van der Waals surface area contributed by atoms with Gasteiger partial charge in [-0.25, -0.2) is 0 Å². The van der Waals surface area contributed by atoms with Gasteiger partial charge < -0.3 is 4.74 Å². The number of rotatable bonds is 3. The first-order valence-corrected chi connectivity index (χ1v) is 4.94. The highest BCUT2D eigenvalue weighted by molar-refractivity contribution is 5.43. The molecule has 0 saturated heterocycles. The van der Waals surface area contributed by atoms with Crippen LogP contribution in [0.5, 0.6) is 5.75 Å². The molecule has 0 atom stereocenters. The van der Waals surface area contributed by atoms with Crippen LogP contribution in [0.15, 0.2) is 54.6 Å². The molecular weight excluding hydrogens is 198 g/mol. The lowest BCUT2D eigenvalue weighted by atomic mass is 10.2. The third-order valence-electron chi connectivity index (χ3n) is 2.13. The molecule has 0 N–H and O–H groups in total. The summed E-state index contributed by atoms with van der Waals surface area (Å²) in [5.74, 6) is 0.578. The average Bonchev–Trinajstić information content (AvgIpc) is 2.38. The molecule has 0 saturated carbocycles. The van der Waals surface area contributed by atoms with Gasteiger partial charge in [0.05, 0.1) is 5.56 Å². The molecule has 0 bridgehead atoms. The molecular formula is C14H10NO. The Morgan fingerprint density at radius 1 is 0.938 bits per heavy atom. The van der Waals surface area contributed by atoms with Crippen LogP contribution in [0.4, 0.5) is 0 Å². The fourth-order valence-electron chi connectivity index (χ4n) is 1.32. The molecule has 2 nitrogen and oxygen atoms in total. The summed E-state index contributed by atoms with van der Waals surface area (Å²) in [5, 5.41) is 8.87. The van der Waals surface area contributed by atoms with Crippen LogP contribution in [-0.2, 0) is 0 Å². The second-order valence-electron chi connectivity index (χ2n) is 3.25. The second kappa shape index (κ2) is 4.99. The summed E-state index contributed by atoms with van der Waals surface area (Å²) in [7, 11) is 0. The molecule has 16 heavy (non-hydrogen) atoms. The Labute approximate surface area is 94.7 Å². The number of nitrogens with zero attached hydrogens (tertiary/aromatic N) is 1. The summed E-state index contributed by atoms with van der Waals surface area (Å²) in [6, 6.07) is 18.9. The first-order chi connectivity index (χ1) is 7.90. The summed E-state index contributed by atoms with van der Waals surface area (Å²) in [6.45, 7) is 1.64. The molecule has 0 aliphatic rings. The van der Waals surface area contributed by atoms with Gasteiger partial charge in [-0.05, 0) is 17.7 Å². The molecule has 0 amide bonds. The maximum atomic E-state index is 8.87. The lowest BCUT2D eigenvalue weighted by molar-refractivity contribution is 0.427. The molecule has 1 radical (unpaired) electrons. The molecule has 0 aliphatic heterocycles. The van der Waals surface area contributed by atoms with Crippen molar-refractivity contribution >= 4 is 0 Å². The van der Waals surface area contributed by atoms with E-state index in [4.69, 9.17) is 10.00 Å². The van der Waals surface area contributed by atoms with Gasteiger partial charge in [0.25, 0.3) is 0 Å². The van der Waals surface area contributed by atoms with E-state index in [2.05, 4.69) is 6.07 Å². The zero-order valence-electron chi connectivity index (χ0n) is 8.63. The van der Waals surface area contributed by atoms with Crippen molar-refractivity contribution in [2.45, 2.75) is 0 Å². The Bertz CT molecular complexity index is 500. The summed E-state index contributed by atoms with van der Waals surface area (Å²) >= 11 is 0. The minimum absolute atomic E-state index is 0.537. The molecule has 0 unspecified atom stereocenters. The lowest BCUT2D eigenvalue weighted by Crippen LogP contribution is -1.93. The third kappa shape index (κ3) is 2.40. The van der Waals surface area contributed by atoms with Crippen molar-refractivity contribution in [2.24, 2.45) is 0 Å². The fourth-order valence-corrected chi connectivity index (χ4v) is 1.32. The Kier molecular flexibility index (Phi) is 3.20. The Morgan fingerprint density at radius 3 is 2.38 bits per heavy atom. The summed E-state index contributed by atoms with van der Waals surface area (Å²) in [5.41, 5.74) is 1.50. The molecule has 0 aromatic heterocycles. The Morgan fingerprint density at radius 2 is 1.62 bits per heavy atom. The molecule has 2 rings (SSSR count). The zero-order valence-corrected chi connectivity index (χ0v) is 8.63. The van der Waals surface area contributed by atoms with E-state index in [1.54, 1.807) is 18.7 Å². The van der Waals surface area contributed by atoms with E-state index < -0.39 is 0 Å². The van der Waals surface area contributed by atoms with Gasteiger partial charge in [-0.2, -0.15) is 5.26 Å². The number of nitriles is 1. The molecule has 2 aromatic rings. The predicted octanol–water partition coefficient (Wildman–Crippen LogP) is 3.15. The van der Waals surface area contributed by atoms with Gasteiger partial charge in [0.15, 0.2) is 6.61 Å². The molecule has 0 spiro atoms. The topological polar surface area (TPSA) is 33.0 Å². The van der Waals surface area contributed by atoms with Gasteiger partial charge in [0.2, 0.25) is 0 Å². The van der Waals surface area contributed by atoms with Crippen LogP contribution in [0, 0.1) is 17.9 Å². The van der Waals surface area contributed by atoms with Crippen molar-refractivity contribution in [3.63, 3.8) is 0 Å². The Balaban J connectivity index is 2.09. The van der Waals surface area contributed by atoms with Crippen LogP contribution in [-0.4, -0.2) is 0 Å². The largest absolute Gasteiger partial charge is 0.480 e. The van der Waals surface area contributed by atoms with Crippen LogP contribution < -0.4 is 4.74 Å². The first kappa shape index (κ1) is 10.3. The van der Waals surface area contributed by atoms with Crippen LogP contribution in [0.1, 0.15) is 11.1 Å². The molecule has 0 heterocycles. The number of para-hydroxylation sites is 1. The standard InChI is InChI=1S/C14H10NO/c15-10-13-8-4-5-9-14(13)16-11-12-6-2-1-3-7-12/h1-9,11H. The average molecular weight is 208 g/mol. The van der Waals surface area contributed by atoms with Crippen molar-refractivity contribution in [1.82, 2.24) is 0 Å². The van der Waals surface area contributed by atoms with Gasteiger partial charge in [-0.15, -0.1) is 0 Å². The van der Waals surface area contributed by atoms with Crippen LogP contribution in [0.3, 0.4) is 0 Å². The van der Waals surface area contributed by atoms with E-state index in [1.165, 1.54) is 0 Å². The first-order valence-electron chi connectivity index (χ1n) is 4.94. The van der Waals surface area contributed by atoms with E-state index in [-0.39, 0.29) is 0 Å². The van der Waals surface area contributed by atoms with E-state index in [0.717, 1.165) is 5.56 Å². The van der Waals surface area contributed by atoms with Gasteiger partial charge in [0, 0.05) is 0 Å². The number of benzene rings is 2.